The normalized spacial score (nSPS) is 36.6. The molecule has 2 heterocycles. The van der Waals surface area contributed by atoms with E-state index in [1.54, 1.807) is 11.3 Å². The molecule has 0 unspecified atom stereocenters. The maximum atomic E-state index is 11.8. The Kier molecular flexibility index (Phi) is 6.06. The van der Waals surface area contributed by atoms with Crippen molar-refractivity contribution in [2.45, 2.75) is 52.2 Å². The minimum Gasteiger partial charge on any atom is -0.458 e. The van der Waals surface area contributed by atoms with Crippen LogP contribution >= 0.6 is 11.3 Å². The number of rotatable bonds is 6. The summed E-state index contributed by atoms with van der Waals surface area (Å²) in [5, 5.41) is 16.8. The summed E-state index contributed by atoms with van der Waals surface area (Å²) in [7, 11) is 0. The van der Waals surface area contributed by atoms with E-state index in [0.29, 0.717) is 18.1 Å². The zero-order valence-corrected chi connectivity index (χ0v) is 18.8. The number of carbonyl (C=O) groups is 1. The maximum Gasteiger partial charge on any atom is 0.338 e. The molecule has 0 amide bonds. The number of aliphatic hydroxyl groups excluding tert-OH is 1. The van der Waals surface area contributed by atoms with E-state index in [1.807, 2.05) is 12.2 Å². The van der Waals surface area contributed by atoms with Crippen molar-refractivity contribution in [3.63, 3.8) is 0 Å². The predicted octanol–water partition coefficient (Wildman–Crippen LogP) is 4.63. The van der Waals surface area contributed by atoms with Crippen molar-refractivity contribution in [3.05, 3.63) is 58.3 Å². The molecular weight excluding hydrogens is 394 g/mol. The van der Waals surface area contributed by atoms with Crippen LogP contribution in [0.4, 0.5) is 0 Å². The number of nitrogens with one attached hydrogen (secondary N) is 1. The molecule has 0 spiro atoms. The third-order valence-electron chi connectivity index (χ3n) is 7.82. The van der Waals surface area contributed by atoms with E-state index in [4.69, 9.17) is 4.74 Å². The van der Waals surface area contributed by atoms with Gasteiger partial charge < -0.3 is 15.2 Å². The van der Waals surface area contributed by atoms with Gasteiger partial charge in [0, 0.05) is 29.3 Å². The minimum atomic E-state index is -0.310. The number of aliphatic hydroxyl groups is 1. The summed E-state index contributed by atoms with van der Waals surface area (Å²) in [6.07, 6.45) is 9.41. The Labute approximate surface area is 183 Å². The molecule has 2 aliphatic carbocycles. The van der Waals surface area contributed by atoms with E-state index >= 15 is 0 Å². The summed E-state index contributed by atoms with van der Waals surface area (Å²) in [5.41, 5.74) is 1.71. The van der Waals surface area contributed by atoms with Crippen LogP contribution in [0.1, 0.15) is 44.4 Å². The zero-order chi connectivity index (χ0) is 21.4. The molecular formula is C25H33NO3S. The van der Waals surface area contributed by atoms with Crippen molar-refractivity contribution >= 4 is 17.3 Å². The molecule has 2 saturated carbocycles. The lowest BCUT2D eigenvalue weighted by atomic mass is 9.46. The van der Waals surface area contributed by atoms with Crippen LogP contribution in [0.25, 0.3) is 0 Å². The number of ether oxygens (including phenoxy) is 1. The van der Waals surface area contributed by atoms with Gasteiger partial charge in [0.2, 0.25) is 0 Å². The predicted molar refractivity (Wildman–Crippen MR) is 121 cm³/mol. The van der Waals surface area contributed by atoms with Crippen molar-refractivity contribution in [1.29, 1.82) is 0 Å². The van der Waals surface area contributed by atoms with E-state index in [1.165, 1.54) is 10.5 Å². The third kappa shape index (κ3) is 3.83. The highest BCUT2D eigenvalue weighted by atomic mass is 32.1. The highest BCUT2D eigenvalue weighted by molar-refractivity contribution is 7.09. The van der Waals surface area contributed by atoms with Gasteiger partial charge in [-0.1, -0.05) is 44.2 Å². The summed E-state index contributed by atoms with van der Waals surface area (Å²) in [5.74, 6) is 0.347. The van der Waals surface area contributed by atoms with Gasteiger partial charge in [-0.25, -0.2) is 4.79 Å². The topological polar surface area (TPSA) is 58.6 Å². The second-order valence-electron chi connectivity index (χ2n) is 9.59. The average molecular weight is 428 g/mol. The molecule has 4 rings (SSSR count). The molecule has 4 nitrogen and oxygen atoms in total. The Bertz CT molecular complexity index is 858. The van der Waals surface area contributed by atoms with Gasteiger partial charge in [0.05, 0.1) is 11.7 Å². The number of esters is 1. The van der Waals surface area contributed by atoms with Gasteiger partial charge in [-0.3, -0.25) is 0 Å². The Morgan fingerprint density at radius 2 is 2.23 bits per heavy atom. The molecule has 1 aromatic rings. The van der Waals surface area contributed by atoms with Crippen molar-refractivity contribution in [3.8, 4) is 0 Å². The molecule has 0 bridgehead atoms. The standard InChI is InChI=1S/C25H33NO3S/c1-17-6-9-21-24(2,20(17)8-7-18-11-13-29-23(18)28)12-10-22(27)25(21,3)16-26-15-19-5-4-14-30-19/h4-5,7-8,11,14,20-22,26-27H,1,6,9-10,12-13,15-16H2,2-3H3/b8-7+/t20-,21+,22-,24+,25+/m1/s1. The van der Waals surface area contributed by atoms with E-state index in [2.05, 4.69) is 49.3 Å². The second kappa shape index (κ2) is 8.45. The van der Waals surface area contributed by atoms with Crippen LogP contribution in [0.3, 0.4) is 0 Å². The molecule has 1 aliphatic heterocycles. The Balaban J connectivity index is 1.55. The summed E-state index contributed by atoms with van der Waals surface area (Å²) >= 11 is 1.76. The molecule has 0 radical (unpaired) electrons. The van der Waals surface area contributed by atoms with E-state index in [-0.39, 0.29) is 28.8 Å². The highest BCUT2D eigenvalue weighted by Crippen LogP contribution is 2.61. The summed E-state index contributed by atoms with van der Waals surface area (Å²) < 4.78 is 5.04. The Hall–Kier alpha value is -1.69. The molecule has 0 aromatic carbocycles. The second-order valence-corrected chi connectivity index (χ2v) is 10.6. The van der Waals surface area contributed by atoms with Crippen molar-refractivity contribution < 1.29 is 14.6 Å². The number of allylic oxidation sites excluding steroid dienone is 2. The van der Waals surface area contributed by atoms with Gasteiger partial charge in [-0.05, 0) is 54.5 Å². The smallest absolute Gasteiger partial charge is 0.338 e. The minimum absolute atomic E-state index is 0.0213. The SMILES string of the molecule is C=C1CC[C@@H]2[C@](C)(CNCc3cccs3)[C@H](O)CC[C@@]2(C)[C@@H]1/C=C/C1=CCOC1=O. The van der Waals surface area contributed by atoms with Gasteiger partial charge in [0.15, 0.2) is 0 Å². The third-order valence-corrected chi connectivity index (χ3v) is 8.70. The number of hydrogen-bond donors (Lipinski definition) is 2. The zero-order valence-electron chi connectivity index (χ0n) is 18.0. The lowest BCUT2D eigenvalue weighted by Crippen LogP contribution is -2.58. The van der Waals surface area contributed by atoms with Crippen LogP contribution in [0.5, 0.6) is 0 Å². The fourth-order valence-corrected chi connectivity index (χ4v) is 6.77. The maximum absolute atomic E-state index is 11.8. The van der Waals surface area contributed by atoms with Crippen molar-refractivity contribution in [2.24, 2.45) is 22.7 Å². The molecule has 30 heavy (non-hydrogen) atoms. The first kappa shape index (κ1) is 21.5. The molecule has 3 aliphatic rings. The van der Waals surface area contributed by atoms with Crippen LogP contribution in [0, 0.1) is 22.7 Å². The van der Waals surface area contributed by atoms with E-state index in [9.17, 15) is 9.90 Å². The van der Waals surface area contributed by atoms with E-state index in [0.717, 1.165) is 38.8 Å². The fraction of sp³-hybridized carbons (Fsp3) is 0.560. The van der Waals surface area contributed by atoms with Crippen molar-refractivity contribution in [2.75, 3.05) is 13.2 Å². The Morgan fingerprint density at radius 3 is 2.93 bits per heavy atom. The average Bonchev–Trinajstić information content (AvgIpc) is 3.37. The number of hydrogen-bond acceptors (Lipinski definition) is 5. The van der Waals surface area contributed by atoms with Crippen LogP contribution in [0.2, 0.25) is 0 Å². The molecule has 2 fully saturated rings. The Morgan fingerprint density at radius 1 is 1.40 bits per heavy atom. The van der Waals surface area contributed by atoms with Gasteiger partial charge in [0.25, 0.3) is 0 Å². The molecule has 5 heteroatoms. The monoisotopic (exact) mass is 427 g/mol. The first-order chi connectivity index (χ1) is 14.3. The first-order valence-electron chi connectivity index (χ1n) is 11.0. The fourth-order valence-electron chi connectivity index (χ4n) is 6.10. The summed E-state index contributed by atoms with van der Waals surface area (Å²) in [4.78, 5) is 13.2. The van der Waals surface area contributed by atoms with Crippen LogP contribution in [0.15, 0.2) is 53.5 Å². The highest BCUT2D eigenvalue weighted by Gasteiger charge is 2.57. The van der Waals surface area contributed by atoms with Crippen LogP contribution in [-0.4, -0.2) is 30.3 Å². The summed E-state index contributed by atoms with van der Waals surface area (Å²) in [6.45, 7) is 11.0. The number of thiophene rings is 1. The number of cyclic esters (lactones) is 1. The van der Waals surface area contributed by atoms with Crippen LogP contribution < -0.4 is 5.32 Å². The lowest BCUT2D eigenvalue weighted by Gasteiger charge is -2.60. The summed E-state index contributed by atoms with van der Waals surface area (Å²) in [6, 6.07) is 4.23. The molecule has 0 saturated heterocycles. The quantitative estimate of drug-likeness (QED) is 0.513. The molecule has 1 aromatic heterocycles. The molecule has 2 N–H and O–H groups in total. The number of fused-ring (bicyclic) bond motifs is 1. The molecule has 162 valence electrons. The van der Waals surface area contributed by atoms with Gasteiger partial charge in [-0.15, -0.1) is 11.3 Å². The molecule has 5 atom stereocenters. The van der Waals surface area contributed by atoms with Gasteiger partial charge in [0.1, 0.15) is 6.61 Å². The van der Waals surface area contributed by atoms with Gasteiger partial charge in [-0.2, -0.15) is 0 Å². The first-order valence-corrected chi connectivity index (χ1v) is 11.9. The van der Waals surface area contributed by atoms with Crippen LogP contribution in [-0.2, 0) is 16.1 Å². The van der Waals surface area contributed by atoms with Crippen molar-refractivity contribution in [1.82, 2.24) is 5.32 Å². The largest absolute Gasteiger partial charge is 0.458 e. The number of carbonyl (C=O) groups excluding carboxylic acids is 1. The van der Waals surface area contributed by atoms with E-state index < -0.39 is 0 Å². The lowest BCUT2D eigenvalue weighted by molar-refractivity contribution is -0.135. The van der Waals surface area contributed by atoms with Gasteiger partial charge >= 0.3 is 5.97 Å².